The van der Waals surface area contributed by atoms with E-state index in [1.807, 2.05) is 0 Å². The van der Waals surface area contributed by atoms with Crippen LogP contribution in [0.3, 0.4) is 0 Å². The molecule has 0 saturated heterocycles. The molecule has 0 aliphatic heterocycles. The van der Waals surface area contributed by atoms with E-state index in [9.17, 15) is 13.2 Å². The van der Waals surface area contributed by atoms with Gasteiger partial charge in [-0.1, -0.05) is 11.6 Å². The van der Waals surface area contributed by atoms with Crippen LogP contribution in [0.1, 0.15) is 29.9 Å². The maximum absolute atomic E-state index is 11.4. The van der Waals surface area contributed by atoms with Crippen molar-refractivity contribution in [1.29, 1.82) is 0 Å². The second-order valence-electron chi connectivity index (χ2n) is 3.83. The van der Waals surface area contributed by atoms with Gasteiger partial charge in [0.15, 0.2) is 0 Å². The molecule has 96 valence electrons. The molecule has 0 spiro atoms. The highest BCUT2D eigenvalue weighted by Crippen LogP contribution is 2.38. The highest BCUT2D eigenvalue weighted by atomic mass is 35.7. The quantitative estimate of drug-likeness (QED) is 0.686. The number of hydrogen-bond donors (Lipinski definition) is 1. The second kappa shape index (κ2) is 4.51. The number of halogens is 2. The predicted octanol–water partition coefficient (Wildman–Crippen LogP) is 2.26. The summed E-state index contributed by atoms with van der Waals surface area (Å²) in [6.07, 6.45) is 1.33. The van der Waals surface area contributed by atoms with E-state index in [4.69, 9.17) is 22.3 Å². The Bertz CT molecular complexity index is 547. The summed E-state index contributed by atoms with van der Waals surface area (Å²) in [6.45, 7) is 2.79. The Morgan fingerprint density at radius 2 is 2.00 bits per heavy atom. The summed E-state index contributed by atoms with van der Waals surface area (Å²) in [5.41, 5.74) is 0.215. The molecule has 8 heteroatoms. The number of aromatic nitrogens is 1. The monoisotopic (exact) mass is 299 g/mol. The molecule has 1 N–H and O–H groups in total. The van der Waals surface area contributed by atoms with Crippen molar-refractivity contribution in [1.82, 2.24) is 4.98 Å². The van der Waals surface area contributed by atoms with Crippen molar-refractivity contribution in [2.75, 3.05) is 7.11 Å². The maximum Gasteiger partial charge on any atom is 0.356 e. The largest absolute Gasteiger partial charge is 0.464 e. The fourth-order valence-electron chi connectivity index (χ4n) is 1.23. The van der Waals surface area contributed by atoms with E-state index < -0.39 is 19.8 Å². The molecule has 0 aromatic carbocycles. The maximum atomic E-state index is 11.4. The number of rotatable bonds is 3. The first-order chi connectivity index (χ1) is 7.63. The predicted molar refractivity (Wildman–Crippen MR) is 64.9 cm³/mol. The molecule has 0 aliphatic carbocycles. The van der Waals surface area contributed by atoms with Crippen LogP contribution in [0.4, 0.5) is 0 Å². The van der Waals surface area contributed by atoms with Crippen LogP contribution in [0.15, 0.2) is 6.20 Å². The van der Waals surface area contributed by atoms with Crippen molar-refractivity contribution in [3.8, 4) is 0 Å². The zero-order chi connectivity index (χ0) is 13.4. The molecule has 0 fully saturated rings. The fraction of sp³-hybridized carbons (Fsp3) is 0.444. The average Bonchev–Trinajstić information content (AvgIpc) is 2.57. The first kappa shape index (κ1) is 14.3. The van der Waals surface area contributed by atoms with Crippen LogP contribution in [0.25, 0.3) is 0 Å². The minimum Gasteiger partial charge on any atom is -0.464 e. The highest BCUT2D eigenvalue weighted by Gasteiger charge is 2.38. The van der Waals surface area contributed by atoms with Crippen molar-refractivity contribution in [2.24, 2.45) is 0 Å². The topological polar surface area (TPSA) is 76.2 Å². The van der Waals surface area contributed by atoms with Crippen molar-refractivity contribution < 1.29 is 17.9 Å². The molecule has 1 rings (SSSR count). The van der Waals surface area contributed by atoms with E-state index in [-0.39, 0.29) is 16.3 Å². The standard InChI is InChI=1S/C9H11Cl2NO4S/c1-9(2,17(11,14)15)5-4-12-7(6(5)10)8(13)16-3/h4,12H,1-3H3. The van der Waals surface area contributed by atoms with Crippen LogP contribution < -0.4 is 0 Å². The van der Waals surface area contributed by atoms with E-state index in [1.165, 1.54) is 27.2 Å². The molecule has 0 radical (unpaired) electrons. The number of H-pyrrole nitrogens is 1. The molecular formula is C9H11Cl2NO4S. The Morgan fingerprint density at radius 1 is 1.47 bits per heavy atom. The molecule has 17 heavy (non-hydrogen) atoms. The summed E-state index contributed by atoms with van der Waals surface area (Å²) in [5, 5.41) is -0.00826. The molecule has 0 amide bonds. The highest BCUT2D eigenvalue weighted by molar-refractivity contribution is 8.14. The number of ether oxygens (including phenoxy) is 1. The molecule has 1 aromatic heterocycles. The lowest BCUT2D eigenvalue weighted by Crippen LogP contribution is -2.24. The molecule has 1 heterocycles. The van der Waals surface area contributed by atoms with Crippen LogP contribution in [0.5, 0.6) is 0 Å². The summed E-state index contributed by atoms with van der Waals surface area (Å²) in [5.74, 6) is -0.677. The number of carbonyl (C=O) groups is 1. The number of aromatic amines is 1. The SMILES string of the molecule is COC(=O)c1[nH]cc(C(C)(C)S(=O)(=O)Cl)c1Cl. The Labute approximate surface area is 108 Å². The first-order valence-electron chi connectivity index (χ1n) is 4.52. The molecule has 0 saturated carbocycles. The third-order valence-electron chi connectivity index (χ3n) is 2.46. The van der Waals surface area contributed by atoms with Gasteiger partial charge in [0.05, 0.1) is 12.1 Å². The summed E-state index contributed by atoms with van der Waals surface area (Å²) in [7, 11) is 2.65. The van der Waals surface area contributed by atoms with E-state index in [0.29, 0.717) is 0 Å². The molecule has 5 nitrogen and oxygen atoms in total. The zero-order valence-corrected chi connectivity index (χ0v) is 11.7. The van der Waals surface area contributed by atoms with Crippen LogP contribution in [-0.4, -0.2) is 26.5 Å². The minimum atomic E-state index is -3.88. The molecule has 0 unspecified atom stereocenters. The molecule has 0 bridgehead atoms. The summed E-state index contributed by atoms with van der Waals surface area (Å²) in [4.78, 5) is 13.9. The van der Waals surface area contributed by atoms with Gasteiger partial charge in [-0.15, -0.1) is 0 Å². The zero-order valence-electron chi connectivity index (χ0n) is 9.37. The first-order valence-corrected chi connectivity index (χ1v) is 7.21. The number of carbonyl (C=O) groups excluding carboxylic acids is 1. The lowest BCUT2D eigenvalue weighted by atomic mass is 10.1. The average molecular weight is 300 g/mol. The van der Waals surface area contributed by atoms with Crippen molar-refractivity contribution in [2.45, 2.75) is 18.6 Å². The Kier molecular flexibility index (Phi) is 3.81. The fourth-order valence-corrected chi connectivity index (χ4v) is 2.38. The van der Waals surface area contributed by atoms with Crippen LogP contribution in [-0.2, 0) is 18.5 Å². The summed E-state index contributed by atoms with van der Waals surface area (Å²) < 4.78 is 25.9. The molecule has 0 atom stereocenters. The Morgan fingerprint density at radius 3 is 2.41 bits per heavy atom. The van der Waals surface area contributed by atoms with Gasteiger partial charge in [-0.05, 0) is 13.8 Å². The summed E-state index contributed by atoms with van der Waals surface area (Å²) >= 11 is 5.93. The number of hydrogen-bond acceptors (Lipinski definition) is 4. The smallest absolute Gasteiger partial charge is 0.356 e. The second-order valence-corrected chi connectivity index (χ2v) is 7.32. The van der Waals surface area contributed by atoms with E-state index in [1.54, 1.807) is 0 Å². The van der Waals surface area contributed by atoms with Crippen LogP contribution >= 0.6 is 22.3 Å². The summed E-state index contributed by atoms with van der Waals surface area (Å²) in [6, 6.07) is 0. The number of esters is 1. The van der Waals surface area contributed by atoms with Gasteiger partial charge in [-0.2, -0.15) is 0 Å². The van der Waals surface area contributed by atoms with Gasteiger partial charge in [0.25, 0.3) is 0 Å². The van der Waals surface area contributed by atoms with Gasteiger partial charge in [-0.25, -0.2) is 13.2 Å². The number of methoxy groups -OCH3 is 1. The van der Waals surface area contributed by atoms with Gasteiger partial charge in [0.2, 0.25) is 9.05 Å². The lowest BCUT2D eigenvalue weighted by Gasteiger charge is -2.19. The van der Waals surface area contributed by atoms with Crippen LogP contribution in [0.2, 0.25) is 5.02 Å². The molecular weight excluding hydrogens is 289 g/mol. The Hall–Kier alpha value is -0.720. The van der Waals surface area contributed by atoms with E-state index in [2.05, 4.69) is 9.72 Å². The van der Waals surface area contributed by atoms with Gasteiger partial charge in [-0.3, -0.25) is 0 Å². The van der Waals surface area contributed by atoms with E-state index in [0.717, 1.165) is 0 Å². The minimum absolute atomic E-state index is 0.00226. The number of nitrogens with one attached hydrogen (secondary N) is 1. The van der Waals surface area contributed by atoms with Crippen molar-refractivity contribution in [3.63, 3.8) is 0 Å². The van der Waals surface area contributed by atoms with Gasteiger partial charge in [0.1, 0.15) is 10.4 Å². The van der Waals surface area contributed by atoms with Crippen molar-refractivity contribution in [3.05, 3.63) is 22.5 Å². The van der Waals surface area contributed by atoms with Gasteiger partial charge >= 0.3 is 5.97 Å². The molecule has 1 aromatic rings. The molecule has 0 aliphatic rings. The normalized spacial score (nSPS) is 12.5. The van der Waals surface area contributed by atoms with Crippen LogP contribution in [0, 0.1) is 0 Å². The van der Waals surface area contributed by atoms with Gasteiger partial charge in [0, 0.05) is 22.4 Å². The third-order valence-corrected chi connectivity index (χ3v) is 5.45. The van der Waals surface area contributed by atoms with Gasteiger partial charge < -0.3 is 9.72 Å². The van der Waals surface area contributed by atoms with E-state index >= 15 is 0 Å². The third kappa shape index (κ3) is 2.43. The Balaban J connectivity index is 3.37. The van der Waals surface area contributed by atoms with Crippen molar-refractivity contribution >= 4 is 37.3 Å². The lowest BCUT2D eigenvalue weighted by molar-refractivity contribution is 0.0595.